The third kappa shape index (κ3) is 3.11. The van der Waals surface area contributed by atoms with Gasteiger partial charge in [-0.25, -0.2) is 0 Å². The summed E-state index contributed by atoms with van der Waals surface area (Å²) in [5, 5.41) is 0.296. The van der Waals surface area contributed by atoms with E-state index in [4.69, 9.17) is 16.3 Å². The molecule has 0 saturated carbocycles. The highest BCUT2D eigenvalue weighted by molar-refractivity contribution is 6.32. The lowest BCUT2D eigenvalue weighted by Gasteiger charge is -2.12. The van der Waals surface area contributed by atoms with E-state index in [9.17, 15) is 18.0 Å². The zero-order chi connectivity index (χ0) is 14.8. The van der Waals surface area contributed by atoms with Gasteiger partial charge in [0.25, 0.3) is 0 Å². The molecular weight excluding hydrogens is 293 g/mol. The van der Waals surface area contributed by atoms with Gasteiger partial charge in [0, 0.05) is 0 Å². The summed E-state index contributed by atoms with van der Waals surface area (Å²) in [6, 6.07) is 9.14. The molecule has 0 aliphatic heterocycles. The molecule has 2 nitrogen and oxygen atoms in total. The Morgan fingerprint density at radius 1 is 1.05 bits per heavy atom. The van der Waals surface area contributed by atoms with Gasteiger partial charge >= 0.3 is 6.18 Å². The Kier molecular flexibility index (Phi) is 3.99. The van der Waals surface area contributed by atoms with Gasteiger partial charge in [0.05, 0.1) is 16.1 Å². The maximum atomic E-state index is 12.5. The van der Waals surface area contributed by atoms with Crippen LogP contribution in [0.15, 0.2) is 42.5 Å². The number of carbonyl (C=O) groups is 1. The Hall–Kier alpha value is -2.01. The maximum Gasteiger partial charge on any atom is 0.416 e. The summed E-state index contributed by atoms with van der Waals surface area (Å²) < 4.78 is 43.0. The molecule has 0 aromatic heterocycles. The number of hydrogen-bond donors (Lipinski definition) is 0. The normalized spacial score (nSPS) is 11.2. The predicted molar refractivity (Wildman–Crippen MR) is 68.4 cm³/mol. The van der Waals surface area contributed by atoms with Crippen molar-refractivity contribution in [2.75, 3.05) is 0 Å². The second kappa shape index (κ2) is 5.54. The average molecular weight is 301 g/mol. The van der Waals surface area contributed by atoms with Crippen molar-refractivity contribution in [1.82, 2.24) is 0 Å². The van der Waals surface area contributed by atoms with E-state index >= 15 is 0 Å². The molecule has 0 unspecified atom stereocenters. The number of para-hydroxylation sites is 1. The number of carbonyl (C=O) groups excluding carboxylic acids is 1. The van der Waals surface area contributed by atoms with Crippen LogP contribution < -0.4 is 4.74 Å². The minimum absolute atomic E-state index is 0.0149. The van der Waals surface area contributed by atoms with Gasteiger partial charge in [0.15, 0.2) is 6.29 Å². The van der Waals surface area contributed by atoms with Crippen LogP contribution in [0.2, 0.25) is 5.02 Å². The first-order valence-electron chi connectivity index (χ1n) is 5.50. The SMILES string of the molecule is O=Cc1cc(C(F)(F)F)ccc1Oc1ccccc1Cl. The molecule has 0 spiro atoms. The van der Waals surface area contributed by atoms with Gasteiger partial charge in [0.1, 0.15) is 11.5 Å². The fourth-order valence-corrected chi connectivity index (χ4v) is 1.73. The van der Waals surface area contributed by atoms with E-state index in [-0.39, 0.29) is 17.1 Å². The van der Waals surface area contributed by atoms with E-state index in [1.165, 1.54) is 0 Å². The van der Waals surface area contributed by atoms with E-state index in [2.05, 4.69) is 0 Å². The third-order valence-electron chi connectivity index (χ3n) is 2.52. The van der Waals surface area contributed by atoms with Crippen LogP contribution in [0.1, 0.15) is 15.9 Å². The summed E-state index contributed by atoms with van der Waals surface area (Å²) >= 11 is 5.88. The summed E-state index contributed by atoms with van der Waals surface area (Å²) in [4.78, 5) is 10.9. The topological polar surface area (TPSA) is 26.3 Å². The van der Waals surface area contributed by atoms with E-state index in [1.807, 2.05) is 0 Å². The summed E-state index contributed by atoms with van der Waals surface area (Å²) in [5.74, 6) is 0.276. The summed E-state index contributed by atoms with van der Waals surface area (Å²) in [7, 11) is 0. The fraction of sp³-hybridized carbons (Fsp3) is 0.0714. The van der Waals surface area contributed by atoms with Gasteiger partial charge in [-0.1, -0.05) is 23.7 Å². The van der Waals surface area contributed by atoms with E-state index < -0.39 is 11.7 Å². The van der Waals surface area contributed by atoms with Crippen molar-refractivity contribution in [2.24, 2.45) is 0 Å². The van der Waals surface area contributed by atoms with E-state index in [0.717, 1.165) is 18.2 Å². The van der Waals surface area contributed by atoms with Crippen LogP contribution in [-0.4, -0.2) is 6.29 Å². The highest BCUT2D eigenvalue weighted by Crippen LogP contribution is 2.35. The van der Waals surface area contributed by atoms with Crippen molar-refractivity contribution in [3.8, 4) is 11.5 Å². The first kappa shape index (κ1) is 14.4. The molecule has 0 saturated heterocycles. The summed E-state index contributed by atoms with van der Waals surface area (Å²) in [6.07, 6.45) is -4.21. The van der Waals surface area contributed by atoms with Crippen molar-refractivity contribution in [1.29, 1.82) is 0 Å². The molecule has 104 valence electrons. The van der Waals surface area contributed by atoms with Crippen LogP contribution >= 0.6 is 11.6 Å². The highest BCUT2D eigenvalue weighted by atomic mass is 35.5. The van der Waals surface area contributed by atoms with E-state index in [0.29, 0.717) is 11.3 Å². The van der Waals surface area contributed by atoms with Gasteiger partial charge in [0.2, 0.25) is 0 Å². The zero-order valence-corrected chi connectivity index (χ0v) is 10.7. The van der Waals surface area contributed by atoms with Crippen LogP contribution in [0, 0.1) is 0 Å². The first-order valence-corrected chi connectivity index (χ1v) is 5.88. The molecule has 0 fully saturated rings. The molecule has 0 heterocycles. The van der Waals surface area contributed by atoms with Crippen LogP contribution in [0.3, 0.4) is 0 Å². The van der Waals surface area contributed by atoms with Crippen LogP contribution in [0.25, 0.3) is 0 Å². The minimum atomic E-state index is -4.51. The third-order valence-corrected chi connectivity index (χ3v) is 2.83. The standard InChI is InChI=1S/C14H8ClF3O2/c15-11-3-1-2-4-13(11)20-12-6-5-10(14(16,17)18)7-9(12)8-19/h1-8H. The van der Waals surface area contributed by atoms with Gasteiger partial charge in [-0.3, -0.25) is 4.79 Å². The second-order valence-electron chi connectivity index (χ2n) is 3.90. The van der Waals surface area contributed by atoms with Crippen LogP contribution in [-0.2, 0) is 6.18 Å². The number of aldehydes is 1. The lowest BCUT2D eigenvalue weighted by Crippen LogP contribution is -2.06. The molecule has 2 aromatic rings. The lowest BCUT2D eigenvalue weighted by atomic mass is 10.1. The number of ether oxygens (including phenoxy) is 1. The number of benzene rings is 2. The molecule has 0 atom stereocenters. The molecule has 0 N–H and O–H groups in total. The maximum absolute atomic E-state index is 12.5. The number of halogens is 4. The molecule has 0 aliphatic carbocycles. The quantitative estimate of drug-likeness (QED) is 0.749. The zero-order valence-electron chi connectivity index (χ0n) is 9.95. The van der Waals surface area contributed by atoms with Crippen molar-refractivity contribution in [2.45, 2.75) is 6.18 Å². The molecule has 2 aromatic carbocycles. The largest absolute Gasteiger partial charge is 0.455 e. The first-order chi connectivity index (χ1) is 9.41. The Morgan fingerprint density at radius 3 is 2.35 bits per heavy atom. The van der Waals surface area contributed by atoms with Gasteiger partial charge < -0.3 is 4.74 Å². The van der Waals surface area contributed by atoms with Crippen molar-refractivity contribution in [3.05, 3.63) is 58.6 Å². The predicted octanol–water partition coefficient (Wildman–Crippen LogP) is 4.96. The second-order valence-corrected chi connectivity index (χ2v) is 4.31. The molecule has 0 radical (unpaired) electrons. The van der Waals surface area contributed by atoms with Gasteiger partial charge in [-0.2, -0.15) is 13.2 Å². The number of hydrogen-bond acceptors (Lipinski definition) is 2. The minimum Gasteiger partial charge on any atom is -0.455 e. The van der Waals surface area contributed by atoms with Crippen LogP contribution in [0.5, 0.6) is 11.5 Å². The highest BCUT2D eigenvalue weighted by Gasteiger charge is 2.31. The molecule has 2 rings (SSSR count). The van der Waals surface area contributed by atoms with Crippen LogP contribution in [0.4, 0.5) is 13.2 Å². The smallest absolute Gasteiger partial charge is 0.416 e. The molecule has 0 amide bonds. The molecule has 6 heteroatoms. The monoisotopic (exact) mass is 300 g/mol. The van der Waals surface area contributed by atoms with Crippen molar-refractivity contribution in [3.63, 3.8) is 0 Å². The molecule has 0 bridgehead atoms. The molecule has 0 aliphatic rings. The Bertz CT molecular complexity index is 639. The lowest BCUT2D eigenvalue weighted by molar-refractivity contribution is -0.137. The van der Waals surface area contributed by atoms with E-state index in [1.54, 1.807) is 24.3 Å². The summed E-state index contributed by atoms with van der Waals surface area (Å²) in [6.45, 7) is 0. The fourth-order valence-electron chi connectivity index (χ4n) is 1.56. The van der Waals surface area contributed by atoms with Gasteiger partial charge in [-0.05, 0) is 30.3 Å². The average Bonchev–Trinajstić information content (AvgIpc) is 2.40. The Morgan fingerprint density at radius 2 is 1.75 bits per heavy atom. The van der Waals surface area contributed by atoms with Crippen molar-refractivity contribution >= 4 is 17.9 Å². The van der Waals surface area contributed by atoms with Gasteiger partial charge in [-0.15, -0.1) is 0 Å². The Balaban J connectivity index is 2.38. The molecule has 20 heavy (non-hydrogen) atoms. The van der Waals surface area contributed by atoms with Crippen molar-refractivity contribution < 1.29 is 22.7 Å². The molecular formula is C14H8ClF3O2. The Labute approximate surface area is 117 Å². The number of alkyl halides is 3. The summed E-state index contributed by atoms with van der Waals surface area (Å²) in [5.41, 5.74) is -1.11. The number of rotatable bonds is 3.